The Labute approximate surface area is 431 Å². The second-order valence-corrected chi connectivity index (χ2v) is 19.7. The maximum atomic E-state index is 14.0. The van der Waals surface area contributed by atoms with Gasteiger partial charge in [0.2, 0.25) is 23.6 Å². The van der Waals surface area contributed by atoms with E-state index in [0.29, 0.717) is 18.9 Å². The molecule has 3 atom stereocenters. The molecule has 4 aromatic carbocycles. The van der Waals surface area contributed by atoms with Crippen molar-refractivity contribution in [1.29, 1.82) is 0 Å². The molecule has 0 saturated carbocycles. The first-order chi connectivity index (χ1) is 35.1. The maximum Gasteiger partial charge on any atom is 0.246 e. The fourth-order valence-electron chi connectivity index (χ4n) is 8.38. The number of carbonyl (C=O) groups excluding carboxylic acids is 4. The number of phenols is 2. The standard InChI is InChI=1S/C56H69N5O11S/c1-6-47(39-11-17-43(62)18-12-39)51(40-13-19-44(63)20-14-40)41-15-21-46(22-16-41)72-28-25-57-49(65)23-26-69-29-31-71-32-30-70-27-24-50(66)60-53(56(3,4)5)55(68)61-35-45(64)33-48(61)54(67)58-34-38-7-9-42(10-8-38)52-37(2)59-36-73-52/h7-22,36,45,48,53,62-64H,6,23-35H2,1-5H3,(H,57,65)(H,58,67)(H,60,66)/t45-,48+,53-/m1/s1. The summed E-state index contributed by atoms with van der Waals surface area (Å²) in [6, 6.07) is 28.0. The van der Waals surface area contributed by atoms with Gasteiger partial charge in [-0.05, 0) is 94.1 Å². The van der Waals surface area contributed by atoms with Gasteiger partial charge in [0, 0.05) is 32.4 Å². The molecule has 73 heavy (non-hydrogen) atoms. The van der Waals surface area contributed by atoms with Gasteiger partial charge in [-0.1, -0.05) is 88.4 Å². The third-order valence-corrected chi connectivity index (χ3v) is 13.2. The average Bonchev–Trinajstić information content (AvgIpc) is 4.00. The average molecular weight is 1020 g/mol. The van der Waals surface area contributed by atoms with Crippen molar-refractivity contribution < 1.29 is 53.4 Å². The first kappa shape index (κ1) is 55.7. The molecule has 0 bridgehead atoms. The molecule has 1 aromatic heterocycles. The number of aryl methyl sites for hydroxylation is 1. The van der Waals surface area contributed by atoms with Crippen LogP contribution in [-0.2, 0) is 39.9 Å². The van der Waals surface area contributed by atoms with Crippen molar-refractivity contribution >= 4 is 46.1 Å². The number of nitrogens with zero attached hydrogens (tertiary/aromatic N) is 2. The van der Waals surface area contributed by atoms with E-state index >= 15 is 0 Å². The van der Waals surface area contributed by atoms with E-state index in [4.69, 9.17) is 18.9 Å². The number of aromatic hydroxyl groups is 2. The number of rotatable bonds is 26. The van der Waals surface area contributed by atoms with Gasteiger partial charge >= 0.3 is 0 Å². The van der Waals surface area contributed by atoms with Gasteiger partial charge in [0.1, 0.15) is 35.9 Å². The topological polar surface area (TPSA) is 218 Å². The largest absolute Gasteiger partial charge is 0.508 e. The van der Waals surface area contributed by atoms with Crippen LogP contribution in [0.4, 0.5) is 0 Å². The number of nitrogens with one attached hydrogen (secondary N) is 3. The number of thiazole rings is 1. The zero-order valence-corrected chi connectivity index (χ0v) is 43.2. The van der Waals surface area contributed by atoms with Crippen LogP contribution in [0.1, 0.15) is 81.3 Å². The number of allylic oxidation sites excluding steroid dienone is 1. The summed E-state index contributed by atoms with van der Waals surface area (Å²) in [4.78, 5) is 59.6. The number of ether oxygens (including phenoxy) is 4. The minimum absolute atomic E-state index is 0.00339. The van der Waals surface area contributed by atoms with Gasteiger partial charge in [-0.15, -0.1) is 11.3 Å². The van der Waals surface area contributed by atoms with Crippen LogP contribution in [0.2, 0.25) is 0 Å². The zero-order chi connectivity index (χ0) is 52.3. The second-order valence-electron chi connectivity index (χ2n) is 18.8. The van der Waals surface area contributed by atoms with Crippen LogP contribution >= 0.6 is 11.3 Å². The summed E-state index contributed by atoms with van der Waals surface area (Å²) in [6.45, 7) is 11.8. The Balaban J connectivity index is 0.816. The van der Waals surface area contributed by atoms with Crippen molar-refractivity contribution in [3.8, 4) is 27.7 Å². The molecule has 5 aromatic rings. The Morgan fingerprint density at radius 2 is 1.30 bits per heavy atom. The monoisotopic (exact) mass is 1020 g/mol. The Morgan fingerprint density at radius 3 is 1.86 bits per heavy atom. The van der Waals surface area contributed by atoms with Gasteiger partial charge in [0.05, 0.1) is 68.4 Å². The summed E-state index contributed by atoms with van der Waals surface area (Å²) >= 11 is 1.57. The number of aliphatic hydroxyl groups is 1. The van der Waals surface area contributed by atoms with Crippen LogP contribution in [0.15, 0.2) is 103 Å². The van der Waals surface area contributed by atoms with Crippen LogP contribution in [0.5, 0.6) is 17.2 Å². The highest BCUT2D eigenvalue weighted by Crippen LogP contribution is 2.36. The van der Waals surface area contributed by atoms with E-state index in [2.05, 4.69) is 27.9 Å². The lowest BCUT2D eigenvalue weighted by atomic mass is 9.85. The van der Waals surface area contributed by atoms with Gasteiger partial charge in [0.15, 0.2) is 0 Å². The predicted octanol–water partition coefficient (Wildman–Crippen LogP) is 7.03. The molecule has 0 spiro atoms. The van der Waals surface area contributed by atoms with Crippen LogP contribution in [0.3, 0.4) is 0 Å². The number of aliphatic hydroxyl groups excluding tert-OH is 1. The molecule has 6 N–H and O–H groups in total. The van der Waals surface area contributed by atoms with E-state index in [0.717, 1.165) is 56.0 Å². The number of β-amino-alcohol motifs (C(OH)–C–C–N with tert-alkyl or cyclic N) is 1. The number of phenolic OH excluding ortho intramolecular Hbond substituents is 2. The lowest BCUT2D eigenvalue weighted by Gasteiger charge is -2.35. The molecule has 17 heteroatoms. The molecule has 1 aliphatic heterocycles. The van der Waals surface area contributed by atoms with E-state index < -0.39 is 29.5 Å². The normalized spacial score (nSPS) is 15.3. The summed E-state index contributed by atoms with van der Waals surface area (Å²) in [6.07, 6.45) is 0.135. The van der Waals surface area contributed by atoms with E-state index in [1.54, 1.807) is 35.6 Å². The number of benzene rings is 4. The SMILES string of the molecule is CCC(=C(c1ccc(O)cc1)c1ccc(OCCNC(=O)CCOCCOCCOCCC(=O)N[C@H](C(=O)N2C[C@H](O)C[C@H]2C(=O)NCc2ccc(-c3scnc3C)cc2)C(C)(C)C)cc1)c1ccc(O)cc1. The summed E-state index contributed by atoms with van der Waals surface area (Å²) in [5.74, 6) is -0.331. The van der Waals surface area contributed by atoms with Crippen molar-refractivity contribution in [1.82, 2.24) is 25.8 Å². The highest BCUT2D eigenvalue weighted by molar-refractivity contribution is 7.13. The fraction of sp³-hybridized carbons (Fsp3) is 0.411. The van der Waals surface area contributed by atoms with Crippen molar-refractivity contribution in [2.75, 3.05) is 59.3 Å². The van der Waals surface area contributed by atoms with Gasteiger partial charge in [-0.3, -0.25) is 19.2 Å². The highest BCUT2D eigenvalue weighted by Gasteiger charge is 2.44. The van der Waals surface area contributed by atoms with Crippen LogP contribution in [0, 0.1) is 12.3 Å². The van der Waals surface area contributed by atoms with Crippen molar-refractivity contribution in [2.24, 2.45) is 5.41 Å². The van der Waals surface area contributed by atoms with Crippen molar-refractivity contribution in [2.45, 2.75) is 85.0 Å². The third kappa shape index (κ3) is 16.7. The van der Waals surface area contributed by atoms with Gasteiger partial charge in [-0.25, -0.2) is 4.98 Å². The van der Waals surface area contributed by atoms with E-state index in [9.17, 15) is 34.5 Å². The lowest BCUT2D eigenvalue weighted by molar-refractivity contribution is -0.144. The number of likely N-dealkylation sites (tertiary alicyclic amines) is 1. The number of hydrogen-bond donors (Lipinski definition) is 6. The van der Waals surface area contributed by atoms with Crippen molar-refractivity contribution in [3.63, 3.8) is 0 Å². The zero-order valence-electron chi connectivity index (χ0n) is 42.4. The van der Waals surface area contributed by atoms with Gasteiger partial charge in [-0.2, -0.15) is 0 Å². The molecule has 1 fully saturated rings. The molecule has 2 heterocycles. The Kier molecular flexibility index (Phi) is 20.9. The molecule has 390 valence electrons. The van der Waals surface area contributed by atoms with Crippen LogP contribution < -0.4 is 20.7 Å². The number of aromatic nitrogens is 1. The summed E-state index contributed by atoms with van der Waals surface area (Å²) in [5, 5.41) is 38.9. The molecule has 16 nitrogen and oxygen atoms in total. The first-order valence-electron chi connectivity index (χ1n) is 24.7. The summed E-state index contributed by atoms with van der Waals surface area (Å²) < 4.78 is 22.6. The summed E-state index contributed by atoms with van der Waals surface area (Å²) in [5.41, 5.74) is 9.00. The molecule has 6 rings (SSSR count). The first-order valence-corrected chi connectivity index (χ1v) is 25.6. The van der Waals surface area contributed by atoms with E-state index in [1.807, 2.05) is 106 Å². The Bertz CT molecular complexity index is 2600. The fourth-order valence-corrected chi connectivity index (χ4v) is 9.19. The Hall–Kier alpha value is -6.63. The van der Waals surface area contributed by atoms with E-state index in [-0.39, 0.29) is 101 Å². The van der Waals surface area contributed by atoms with Crippen LogP contribution in [-0.4, -0.2) is 126 Å². The molecular weight excluding hydrogens is 951 g/mol. The number of amides is 4. The lowest BCUT2D eigenvalue weighted by Crippen LogP contribution is -2.57. The molecule has 0 unspecified atom stereocenters. The molecule has 1 aliphatic rings. The van der Waals surface area contributed by atoms with Gasteiger partial charge < -0.3 is 55.1 Å². The molecule has 4 amide bonds. The van der Waals surface area contributed by atoms with E-state index in [1.165, 1.54) is 4.90 Å². The quantitative estimate of drug-likeness (QED) is 0.0243. The number of carbonyl (C=O) groups is 4. The van der Waals surface area contributed by atoms with Crippen LogP contribution in [0.25, 0.3) is 21.6 Å². The summed E-state index contributed by atoms with van der Waals surface area (Å²) in [7, 11) is 0. The second kappa shape index (κ2) is 27.4. The smallest absolute Gasteiger partial charge is 0.246 e. The number of hydrogen-bond acceptors (Lipinski definition) is 13. The minimum Gasteiger partial charge on any atom is -0.508 e. The molecule has 0 radical (unpaired) electrons. The molecular formula is C56H69N5O11S. The minimum atomic E-state index is -0.946. The predicted molar refractivity (Wildman–Crippen MR) is 281 cm³/mol. The molecule has 1 saturated heterocycles. The maximum absolute atomic E-state index is 14.0. The highest BCUT2D eigenvalue weighted by atomic mass is 32.1. The van der Waals surface area contributed by atoms with Gasteiger partial charge in [0.25, 0.3) is 0 Å². The molecule has 0 aliphatic carbocycles. The third-order valence-electron chi connectivity index (χ3n) is 12.3. The Morgan fingerprint density at radius 1 is 0.740 bits per heavy atom. The van der Waals surface area contributed by atoms with Crippen molar-refractivity contribution in [3.05, 3.63) is 131 Å².